The molecular weight excluding hydrogens is 283 g/mol. The highest BCUT2D eigenvalue weighted by Crippen LogP contribution is 2.29. The van der Waals surface area contributed by atoms with Gasteiger partial charge in [0.1, 0.15) is 17.6 Å². The molecule has 2 rings (SSSR count). The number of aromatic amines is 1. The fraction of sp³-hybridized carbons (Fsp3) is 0.308. The van der Waals surface area contributed by atoms with Crippen molar-refractivity contribution in [1.29, 1.82) is 5.26 Å². The molecule has 2 aromatic rings. The Labute approximate surface area is 118 Å². The maximum atomic E-state index is 12.6. The number of pyridine rings is 1. The Morgan fingerprint density at radius 2 is 2.10 bits per heavy atom. The maximum absolute atomic E-state index is 12.6. The molecule has 0 unspecified atom stereocenters. The summed E-state index contributed by atoms with van der Waals surface area (Å²) in [6.45, 7) is 0.405. The van der Waals surface area contributed by atoms with Crippen LogP contribution in [-0.4, -0.2) is 21.7 Å². The van der Waals surface area contributed by atoms with E-state index in [2.05, 4.69) is 20.5 Å². The molecule has 5 nitrogen and oxygen atoms in total. The molecule has 0 bridgehead atoms. The van der Waals surface area contributed by atoms with E-state index >= 15 is 0 Å². The topological polar surface area (TPSA) is 77.4 Å². The fourth-order valence-electron chi connectivity index (χ4n) is 1.75. The van der Waals surface area contributed by atoms with Crippen LogP contribution in [0, 0.1) is 11.3 Å². The highest BCUT2D eigenvalue weighted by Gasteiger charge is 2.33. The van der Waals surface area contributed by atoms with E-state index in [9.17, 15) is 13.2 Å². The second kappa shape index (κ2) is 6.26. The molecule has 0 aliphatic carbocycles. The summed E-state index contributed by atoms with van der Waals surface area (Å²) in [5.74, 6) is -0.0445. The molecule has 0 fully saturated rings. The first-order chi connectivity index (χ1) is 10.0. The molecule has 0 saturated heterocycles. The third-order valence-electron chi connectivity index (χ3n) is 2.78. The first kappa shape index (κ1) is 14.8. The van der Waals surface area contributed by atoms with Crippen molar-refractivity contribution in [3.63, 3.8) is 0 Å². The lowest BCUT2D eigenvalue weighted by Gasteiger charge is -2.10. The number of nitrogens with one attached hydrogen (secondary N) is 2. The molecule has 0 aliphatic rings. The van der Waals surface area contributed by atoms with Gasteiger partial charge in [0.15, 0.2) is 0 Å². The van der Waals surface area contributed by atoms with Crippen LogP contribution >= 0.6 is 0 Å². The van der Waals surface area contributed by atoms with Crippen LogP contribution in [-0.2, 0) is 12.6 Å². The van der Waals surface area contributed by atoms with Gasteiger partial charge in [0, 0.05) is 18.4 Å². The number of halogens is 3. The number of rotatable bonds is 5. The molecule has 2 aromatic heterocycles. The van der Waals surface area contributed by atoms with E-state index in [1.54, 1.807) is 6.20 Å². The Morgan fingerprint density at radius 1 is 1.29 bits per heavy atom. The molecule has 0 spiro atoms. The zero-order valence-electron chi connectivity index (χ0n) is 10.9. The molecule has 0 saturated carbocycles. The van der Waals surface area contributed by atoms with Crippen molar-refractivity contribution in [1.82, 2.24) is 15.2 Å². The molecule has 21 heavy (non-hydrogen) atoms. The number of aryl methyl sites for hydroxylation is 1. The van der Waals surface area contributed by atoms with Crippen LogP contribution in [0.2, 0.25) is 0 Å². The van der Waals surface area contributed by atoms with Gasteiger partial charge in [-0.25, -0.2) is 4.98 Å². The van der Waals surface area contributed by atoms with Gasteiger partial charge in [-0.05, 0) is 31.0 Å². The van der Waals surface area contributed by atoms with E-state index in [1.807, 2.05) is 12.1 Å². The molecule has 0 aliphatic heterocycles. The molecule has 0 atom stereocenters. The van der Waals surface area contributed by atoms with Crippen molar-refractivity contribution in [3.05, 3.63) is 41.3 Å². The van der Waals surface area contributed by atoms with E-state index in [-0.39, 0.29) is 11.4 Å². The summed E-state index contributed by atoms with van der Waals surface area (Å²) < 4.78 is 37.8. The number of anilines is 1. The summed E-state index contributed by atoms with van der Waals surface area (Å²) in [6, 6.07) is 5.56. The zero-order valence-corrected chi connectivity index (χ0v) is 10.9. The molecule has 0 aromatic carbocycles. The van der Waals surface area contributed by atoms with Gasteiger partial charge in [-0.1, -0.05) is 0 Å². The van der Waals surface area contributed by atoms with Crippen LogP contribution in [0.25, 0.3) is 0 Å². The third-order valence-corrected chi connectivity index (χ3v) is 2.78. The van der Waals surface area contributed by atoms with Crippen LogP contribution in [0.3, 0.4) is 0 Å². The highest BCUT2D eigenvalue weighted by atomic mass is 19.4. The summed E-state index contributed by atoms with van der Waals surface area (Å²) in [4.78, 5) is 3.47. The summed E-state index contributed by atoms with van der Waals surface area (Å²) in [5, 5.41) is 18.3. The van der Waals surface area contributed by atoms with Crippen molar-refractivity contribution in [2.45, 2.75) is 19.0 Å². The number of aromatic nitrogens is 3. The summed E-state index contributed by atoms with van der Waals surface area (Å²) in [5.41, 5.74) is 0.0106. The van der Waals surface area contributed by atoms with Gasteiger partial charge in [-0.2, -0.15) is 23.5 Å². The molecule has 110 valence electrons. The van der Waals surface area contributed by atoms with E-state index in [1.165, 1.54) is 0 Å². The van der Waals surface area contributed by atoms with Gasteiger partial charge in [-0.3, -0.25) is 5.10 Å². The van der Waals surface area contributed by atoms with Crippen LogP contribution in [0.5, 0.6) is 0 Å². The molecule has 0 radical (unpaired) electrons. The lowest BCUT2D eigenvalue weighted by atomic mass is 10.2. The number of hydrogen-bond acceptors (Lipinski definition) is 4. The van der Waals surface area contributed by atoms with Gasteiger partial charge in [-0.15, -0.1) is 0 Å². The van der Waals surface area contributed by atoms with Gasteiger partial charge in [0.25, 0.3) is 0 Å². The lowest BCUT2D eigenvalue weighted by molar-refractivity contribution is -0.141. The van der Waals surface area contributed by atoms with Crippen LogP contribution < -0.4 is 5.32 Å². The van der Waals surface area contributed by atoms with Crippen molar-refractivity contribution in [2.24, 2.45) is 0 Å². The van der Waals surface area contributed by atoms with Crippen molar-refractivity contribution in [2.75, 3.05) is 11.9 Å². The van der Waals surface area contributed by atoms with Crippen molar-refractivity contribution in [3.8, 4) is 6.07 Å². The first-order valence-corrected chi connectivity index (χ1v) is 6.21. The largest absolute Gasteiger partial charge is 0.433 e. The van der Waals surface area contributed by atoms with Crippen LogP contribution in [0.1, 0.15) is 23.4 Å². The monoisotopic (exact) mass is 295 g/mol. The van der Waals surface area contributed by atoms with E-state index < -0.39 is 11.9 Å². The van der Waals surface area contributed by atoms with Crippen LogP contribution in [0.15, 0.2) is 24.4 Å². The van der Waals surface area contributed by atoms with E-state index in [0.29, 0.717) is 19.4 Å². The summed E-state index contributed by atoms with van der Waals surface area (Å²) in [6.07, 6.45) is -1.52. The Hall–Kier alpha value is -2.56. The number of nitriles is 1. The minimum atomic E-state index is -4.53. The molecule has 2 N–H and O–H groups in total. The Balaban J connectivity index is 1.99. The van der Waals surface area contributed by atoms with Gasteiger partial charge < -0.3 is 5.32 Å². The Morgan fingerprint density at radius 3 is 2.71 bits per heavy atom. The number of hydrogen-bond donors (Lipinski definition) is 2. The molecule has 8 heteroatoms. The SMILES string of the molecule is N#Cc1ccc(C(F)(F)F)nc1NCCCc1ccn[nH]1. The Kier molecular flexibility index (Phi) is 4.42. The van der Waals surface area contributed by atoms with E-state index in [4.69, 9.17) is 5.26 Å². The minimum absolute atomic E-state index is 0.0445. The summed E-state index contributed by atoms with van der Waals surface area (Å²) in [7, 11) is 0. The van der Waals surface area contributed by atoms with Gasteiger partial charge in [0.2, 0.25) is 0 Å². The standard InChI is InChI=1S/C13H12F3N5/c14-13(15,16)11-4-3-9(8-17)12(20-11)18-6-1-2-10-5-7-19-21-10/h3-5,7H,1-2,6H2,(H,18,20)(H,19,21). The summed E-state index contributed by atoms with van der Waals surface area (Å²) >= 11 is 0. The normalized spacial score (nSPS) is 11.1. The lowest BCUT2D eigenvalue weighted by Crippen LogP contribution is -2.12. The number of H-pyrrole nitrogens is 1. The number of alkyl halides is 3. The first-order valence-electron chi connectivity index (χ1n) is 6.21. The second-order valence-electron chi connectivity index (χ2n) is 4.31. The smallest absolute Gasteiger partial charge is 0.369 e. The predicted octanol–water partition coefficient (Wildman–Crippen LogP) is 2.74. The average molecular weight is 295 g/mol. The van der Waals surface area contributed by atoms with Crippen LogP contribution in [0.4, 0.5) is 19.0 Å². The third kappa shape index (κ3) is 3.95. The zero-order chi connectivity index (χ0) is 15.3. The molecule has 2 heterocycles. The van der Waals surface area contributed by atoms with Gasteiger partial charge >= 0.3 is 6.18 Å². The second-order valence-corrected chi connectivity index (χ2v) is 4.31. The molecular formula is C13H12F3N5. The molecule has 0 amide bonds. The minimum Gasteiger partial charge on any atom is -0.369 e. The maximum Gasteiger partial charge on any atom is 0.433 e. The quantitative estimate of drug-likeness (QED) is 0.831. The van der Waals surface area contributed by atoms with Crippen molar-refractivity contribution >= 4 is 5.82 Å². The van der Waals surface area contributed by atoms with E-state index in [0.717, 1.165) is 17.8 Å². The predicted molar refractivity (Wildman–Crippen MR) is 69.4 cm³/mol. The number of nitrogens with zero attached hydrogens (tertiary/aromatic N) is 3. The Bertz CT molecular complexity index is 628. The highest BCUT2D eigenvalue weighted by molar-refractivity contribution is 5.52. The fourth-order valence-corrected chi connectivity index (χ4v) is 1.75. The van der Waals surface area contributed by atoms with Crippen molar-refractivity contribution < 1.29 is 13.2 Å². The average Bonchev–Trinajstić information content (AvgIpc) is 2.95. The van der Waals surface area contributed by atoms with Gasteiger partial charge in [0.05, 0.1) is 5.56 Å².